The van der Waals surface area contributed by atoms with Crippen molar-refractivity contribution < 1.29 is 4.42 Å². The molecule has 0 radical (unpaired) electrons. The van der Waals surface area contributed by atoms with Crippen LogP contribution in [0.15, 0.2) is 63.4 Å². The van der Waals surface area contributed by atoms with Crippen molar-refractivity contribution in [2.45, 2.75) is 24.0 Å². The number of hydrogen-bond acceptors (Lipinski definition) is 7. The van der Waals surface area contributed by atoms with E-state index in [9.17, 15) is 0 Å². The predicted octanol–water partition coefficient (Wildman–Crippen LogP) is 4.12. The minimum absolute atomic E-state index is 0.610. The molecule has 0 saturated heterocycles. The Labute approximate surface area is 158 Å². The second-order valence-corrected chi connectivity index (χ2v) is 7.15. The standard InChI is InChI=1S/C19H14N6OS/c1-11-7-8-13(9-12(11)2)25-19(22-23-24-25)27-18-17-16(20-10-21-18)14-5-3-4-6-15(14)26-17/h3-10H,1-2H3. The average molecular weight is 374 g/mol. The van der Waals surface area contributed by atoms with Gasteiger partial charge in [0.25, 0.3) is 0 Å². The first-order chi connectivity index (χ1) is 13.2. The highest BCUT2D eigenvalue weighted by Gasteiger charge is 2.17. The Morgan fingerprint density at radius 3 is 2.78 bits per heavy atom. The summed E-state index contributed by atoms with van der Waals surface area (Å²) in [6.45, 7) is 4.14. The van der Waals surface area contributed by atoms with Crippen molar-refractivity contribution in [1.82, 2.24) is 30.2 Å². The minimum Gasteiger partial charge on any atom is -0.451 e. The van der Waals surface area contributed by atoms with E-state index >= 15 is 0 Å². The summed E-state index contributed by atoms with van der Waals surface area (Å²) in [5.41, 5.74) is 5.51. The largest absolute Gasteiger partial charge is 0.451 e. The quantitative estimate of drug-likeness (QED) is 0.439. The van der Waals surface area contributed by atoms with Crippen molar-refractivity contribution in [2.75, 3.05) is 0 Å². The fourth-order valence-corrected chi connectivity index (χ4v) is 3.73. The van der Waals surface area contributed by atoms with Gasteiger partial charge in [0.1, 0.15) is 17.4 Å². The molecule has 3 heterocycles. The molecule has 3 aromatic heterocycles. The van der Waals surface area contributed by atoms with Crippen LogP contribution < -0.4 is 0 Å². The maximum Gasteiger partial charge on any atom is 0.220 e. The fraction of sp³-hybridized carbons (Fsp3) is 0.105. The average Bonchev–Trinajstić information content (AvgIpc) is 3.29. The van der Waals surface area contributed by atoms with Crippen LogP contribution >= 0.6 is 11.8 Å². The molecule has 0 aliphatic rings. The molecule has 0 aliphatic carbocycles. The van der Waals surface area contributed by atoms with Gasteiger partial charge in [-0.2, -0.15) is 4.68 Å². The van der Waals surface area contributed by atoms with E-state index in [0.717, 1.165) is 22.2 Å². The summed E-state index contributed by atoms with van der Waals surface area (Å²) in [5, 5.41) is 14.4. The van der Waals surface area contributed by atoms with Crippen molar-refractivity contribution in [3.8, 4) is 5.69 Å². The number of hydrogen-bond donors (Lipinski definition) is 0. The number of furan rings is 1. The van der Waals surface area contributed by atoms with E-state index in [1.54, 1.807) is 4.68 Å². The maximum atomic E-state index is 5.99. The molecule has 0 atom stereocenters. The Morgan fingerprint density at radius 2 is 1.89 bits per heavy atom. The van der Waals surface area contributed by atoms with Crippen molar-refractivity contribution in [3.63, 3.8) is 0 Å². The second kappa shape index (κ2) is 6.17. The number of benzene rings is 2. The monoisotopic (exact) mass is 374 g/mol. The maximum absolute atomic E-state index is 5.99. The minimum atomic E-state index is 0.610. The predicted molar refractivity (Wildman–Crippen MR) is 102 cm³/mol. The lowest BCUT2D eigenvalue weighted by atomic mass is 10.1. The van der Waals surface area contributed by atoms with E-state index in [2.05, 4.69) is 51.5 Å². The molecule has 0 fully saturated rings. The van der Waals surface area contributed by atoms with E-state index in [1.165, 1.54) is 29.2 Å². The Hall–Kier alpha value is -3.26. The van der Waals surface area contributed by atoms with Crippen LogP contribution in [-0.4, -0.2) is 30.2 Å². The van der Waals surface area contributed by atoms with Gasteiger partial charge in [-0.3, -0.25) is 0 Å². The molecule has 132 valence electrons. The van der Waals surface area contributed by atoms with Gasteiger partial charge in [-0.25, -0.2) is 9.97 Å². The Balaban J connectivity index is 1.61. The molecule has 5 aromatic rings. The van der Waals surface area contributed by atoms with Crippen molar-refractivity contribution in [2.24, 2.45) is 0 Å². The van der Waals surface area contributed by atoms with Gasteiger partial charge in [0.05, 0.1) is 5.69 Å². The number of para-hydroxylation sites is 1. The zero-order valence-corrected chi connectivity index (χ0v) is 15.4. The first kappa shape index (κ1) is 16.0. The number of tetrazole rings is 1. The van der Waals surface area contributed by atoms with Gasteiger partial charge in [0.2, 0.25) is 5.16 Å². The number of fused-ring (bicyclic) bond motifs is 3. The highest BCUT2D eigenvalue weighted by molar-refractivity contribution is 7.99. The molecule has 0 aliphatic heterocycles. The van der Waals surface area contributed by atoms with Gasteiger partial charge in [0, 0.05) is 5.39 Å². The zero-order chi connectivity index (χ0) is 18.4. The number of aromatic nitrogens is 6. The third-order valence-electron chi connectivity index (χ3n) is 4.49. The molecule has 7 nitrogen and oxygen atoms in total. The lowest BCUT2D eigenvalue weighted by Gasteiger charge is -2.06. The van der Waals surface area contributed by atoms with Crippen molar-refractivity contribution in [3.05, 3.63) is 59.9 Å². The van der Waals surface area contributed by atoms with Crippen LogP contribution in [0.1, 0.15) is 11.1 Å². The molecule has 5 rings (SSSR count). The van der Waals surface area contributed by atoms with Crippen LogP contribution in [-0.2, 0) is 0 Å². The smallest absolute Gasteiger partial charge is 0.220 e. The first-order valence-electron chi connectivity index (χ1n) is 8.37. The van der Waals surface area contributed by atoms with Crippen LogP contribution in [0, 0.1) is 13.8 Å². The highest BCUT2D eigenvalue weighted by Crippen LogP contribution is 2.35. The fourth-order valence-electron chi connectivity index (χ4n) is 2.92. The molecule has 0 amide bonds. The SMILES string of the molecule is Cc1ccc(-n2nnnc2Sc2ncnc3c2oc2ccccc23)cc1C. The lowest BCUT2D eigenvalue weighted by molar-refractivity contribution is 0.653. The molecular formula is C19H14N6OS. The third-order valence-corrected chi connectivity index (χ3v) is 5.41. The molecule has 0 saturated carbocycles. The van der Waals surface area contributed by atoms with Crippen molar-refractivity contribution in [1.29, 1.82) is 0 Å². The van der Waals surface area contributed by atoms with E-state index in [4.69, 9.17) is 4.42 Å². The summed E-state index contributed by atoms with van der Waals surface area (Å²) in [4.78, 5) is 8.78. The van der Waals surface area contributed by atoms with Crippen LogP contribution in [0.25, 0.3) is 27.8 Å². The van der Waals surface area contributed by atoms with Gasteiger partial charge in [0.15, 0.2) is 10.6 Å². The van der Waals surface area contributed by atoms with E-state index < -0.39 is 0 Å². The lowest BCUT2D eigenvalue weighted by Crippen LogP contribution is -2.00. The topological polar surface area (TPSA) is 82.5 Å². The van der Waals surface area contributed by atoms with Crippen LogP contribution in [0.5, 0.6) is 0 Å². The third kappa shape index (κ3) is 2.65. The summed E-state index contributed by atoms with van der Waals surface area (Å²) in [5.74, 6) is 0. The second-order valence-electron chi connectivity index (χ2n) is 6.20. The Bertz CT molecular complexity index is 1290. The first-order valence-corrected chi connectivity index (χ1v) is 9.18. The van der Waals surface area contributed by atoms with Gasteiger partial charge < -0.3 is 4.42 Å². The molecule has 27 heavy (non-hydrogen) atoms. The van der Waals surface area contributed by atoms with Crippen LogP contribution in [0.3, 0.4) is 0 Å². The molecule has 0 bridgehead atoms. The van der Waals surface area contributed by atoms with Crippen LogP contribution in [0.4, 0.5) is 0 Å². The highest BCUT2D eigenvalue weighted by atomic mass is 32.2. The molecule has 2 aromatic carbocycles. The van der Waals surface area contributed by atoms with Gasteiger partial charge in [-0.1, -0.05) is 18.2 Å². The molecule has 8 heteroatoms. The Kier molecular flexibility index (Phi) is 3.64. The molecular weight excluding hydrogens is 360 g/mol. The van der Waals surface area contributed by atoms with Gasteiger partial charge in [-0.15, -0.1) is 5.10 Å². The van der Waals surface area contributed by atoms with E-state index in [1.807, 2.05) is 30.3 Å². The normalized spacial score (nSPS) is 11.5. The number of nitrogens with zero attached hydrogens (tertiary/aromatic N) is 6. The summed E-state index contributed by atoms with van der Waals surface area (Å²) in [6.07, 6.45) is 1.54. The number of aryl methyl sites for hydroxylation is 2. The summed E-state index contributed by atoms with van der Waals surface area (Å²) in [7, 11) is 0. The van der Waals surface area contributed by atoms with Crippen LogP contribution in [0.2, 0.25) is 0 Å². The van der Waals surface area contributed by atoms with E-state index in [-0.39, 0.29) is 0 Å². The van der Waals surface area contributed by atoms with Gasteiger partial charge >= 0.3 is 0 Å². The summed E-state index contributed by atoms with van der Waals surface area (Å²) < 4.78 is 7.69. The zero-order valence-electron chi connectivity index (χ0n) is 14.6. The molecule has 0 N–H and O–H groups in total. The van der Waals surface area contributed by atoms with E-state index in [0.29, 0.717) is 15.8 Å². The molecule has 0 spiro atoms. The van der Waals surface area contributed by atoms with Gasteiger partial charge in [-0.05, 0) is 71.4 Å². The summed E-state index contributed by atoms with van der Waals surface area (Å²) >= 11 is 1.35. The molecule has 0 unspecified atom stereocenters. The van der Waals surface area contributed by atoms with Crippen molar-refractivity contribution >= 4 is 33.8 Å². The Morgan fingerprint density at radius 1 is 1.00 bits per heavy atom. The summed E-state index contributed by atoms with van der Waals surface area (Å²) in [6, 6.07) is 13.9. The number of rotatable bonds is 3.